The zero-order chi connectivity index (χ0) is 17.9. The van der Waals surface area contributed by atoms with E-state index in [4.69, 9.17) is 9.57 Å². The Morgan fingerprint density at radius 3 is 2.44 bits per heavy atom. The summed E-state index contributed by atoms with van der Waals surface area (Å²) in [7, 11) is 0. The van der Waals surface area contributed by atoms with Crippen molar-refractivity contribution in [2.45, 2.75) is 25.9 Å². The van der Waals surface area contributed by atoms with E-state index in [-0.39, 0.29) is 12.0 Å². The molecule has 2 heterocycles. The summed E-state index contributed by atoms with van der Waals surface area (Å²) in [4.78, 5) is 33.5. The number of hydrogen-bond acceptors (Lipinski definition) is 5. The van der Waals surface area contributed by atoms with Gasteiger partial charge in [-0.05, 0) is 19.4 Å². The van der Waals surface area contributed by atoms with Crippen LogP contribution in [-0.4, -0.2) is 65.9 Å². The van der Waals surface area contributed by atoms with Gasteiger partial charge in [-0.2, -0.15) is 0 Å². The molecule has 1 aromatic carbocycles. The molecule has 0 aliphatic carbocycles. The Morgan fingerprint density at radius 1 is 1.16 bits per heavy atom. The van der Waals surface area contributed by atoms with Crippen molar-refractivity contribution in [3.8, 4) is 0 Å². The molecule has 1 atom stereocenters. The summed E-state index contributed by atoms with van der Waals surface area (Å²) in [6.07, 6.45) is 0.112. The van der Waals surface area contributed by atoms with Gasteiger partial charge in [0.05, 0.1) is 12.3 Å². The minimum atomic E-state index is -0.989. The highest BCUT2D eigenvalue weighted by Crippen LogP contribution is 2.29. The van der Waals surface area contributed by atoms with Gasteiger partial charge in [-0.15, -0.1) is 0 Å². The van der Waals surface area contributed by atoms with E-state index < -0.39 is 5.60 Å². The van der Waals surface area contributed by atoms with Gasteiger partial charge in [0, 0.05) is 32.6 Å². The van der Waals surface area contributed by atoms with Gasteiger partial charge >= 0.3 is 6.09 Å². The Hall–Kier alpha value is -2.57. The Morgan fingerprint density at radius 2 is 1.80 bits per heavy atom. The Bertz CT molecular complexity index is 668. The first-order valence-electron chi connectivity index (χ1n) is 8.55. The Labute approximate surface area is 147 Å². The largest absolute Gasteiger partial charge is 0.450 e. The lowest BCUT2D eigenvalue weighted by Gasteiger charge is -2.37. The van der Waals surface area contributed by atoms with Crippen LogP contribution in [0.25, 0.3) is 0 Å². The number of amides is 2. The molecule has 0 spiro atoms. The van der Waals surface area contributed by atoms with Crippen molar-refractivity contribution >= 4 is 17.7 Å². The fourth-order valence-electron chi connectivity index (χ4n) is 3.08. The van der Waals surface area contributed by atoms with Crippen molar-refractivity contribution in [1.29, 1.82) is 0 Å². The lowest BCUT2D eigenvalue weighted by Crippen LogP contribution is -2.56. The number of ether oxygens (including phenoxy) is 1. The molecule has 25 heavy (non-hydrogen) atoms. The summed E-state index contributed by atoms with van der Waals surface area (Å²) in [6.45, 7) is 5.77. The number of nitrogens with zero attached hydrogens (tertiary/aromatic N) is 3. The van der Waals surface area contributed by atoms with Crippen LogP contribution < -0.4 is 0 Å². The van der Waals surface area contributed by atoms with E-state index in [9.17, 15) is 9.59 Å². The number of rotatable bonds is 3. The number of piperazine rings is 1. The molecule has 2 aliphatic rings. The minimum Gasteiger partial charge on any atom is -0.450 e. The van der Waals surface area contributed by atoms with Crippen LogP contribution in [0, 0.1) is 0 Å². The molecule has 0 radical (unpaired) electrons. The number of benzene rings is 1. The van der Waals surface area contributed by atoms with Gasteiger partial charge in [0.25, 0.3) is 5.91 Å². The van der Waals surface area contributed by atoms with Crippen molar-refractivity contribution in [2.75, 3.05) is 32.8 Å². The zero-order valence-electron chi connectivity index (χ0n) is 14.6. The second-order valence-electron chi connectivity index (χ2n) is 6.38. The first kappa shape index (κ1) is 17.3. The number of carbonyl (C=O) groups excluding carboxylic acids is 2. The molecule has 0 unspecified atom stereocenters. The van der Waals surface area contributed by atoms with E-state index >= 15 is 0 Å². The third-order valence-corrected chi connectivity index (χ3v) is 4.51. The van der Waals surface area contributed by atoms with Gasteiger partial charge in [-0.1, -0.05) is 35.5 Å². The van der Waals surface area contributed by atoms with E-state index in [1.807, 2.05) is 30.3 Å². The lowest BCUT2D eigenvalue weighted by atomic mass is 9.94. The summed E-state index contributed by atoms with van der Waals surface area (Å²) in [6, 6.07) is 9.72. The highest BCUT2D eigenvalue weighted by Gasteiger charge is 2.45. The van der Waals surface area contributed by atoms with Gasteiger partial charge in [0.2, 0.25) is 5.60 Å². The van der Waals surface area contributed by atoms with Crippen LogP contribution in [0.4, 0.5) is 4.79 Å². The molecule has 0 aromatic heterocycles. The van der Waals surface area contributed by atoms with Crippen molar-refractivity contribution in [1.82, 2.24) is 9.80 Å². The topological polar surface area (TPSA) is 71.4 Å². The smallest absolute Gasteiger partial charge is 0.409 e. The molecular formula is C18H23N3O4. The maximum absolute atomic E-state index is 12.9. The summed E-state index contributed by atoms with van der Waals surface area (Å²) < 4.78 is 5.00. The fraction of sp³-hybridized carbons (Fsp3) is 0.500. The standard InChI is InChI=1S/C18H23N3O4/c1-3-24-17(23)21-11-9-20(10-12-21)16(22)18(2)13-15(19-25-18)14-7-5-4-6-8-14/h4-8H,3,9-13H2,1-2H3/t18-/m0/s1. The fourth-order valence-corrected chi connectivity index (χ4v) is 3.08. The molecule has 134 valence electrons. The molecule has 0 saturated carbocycles. The molecule has 1 aromatic rings. The molecular weight excluding hydrogens is 322 g/mol. The zero-order valence-corrected chi connectivity index (χ0v) is 14.6. The third-order valence-electron chi connectivity index (χ3n) is 4.51. The maximum Gasteiger partial charge on any atom is 0.409 e. The molecule has 7 nitrogen and oxygen atoms in total. The van der Waals surface area contributed by atoms with Crippen LogP contribution >= 0.6 is 0 Å². The van der Waals surface area contributed by atoms with Crippen molar-refractivity contribution in [2.24, 2.45) is 5.16 Å². The van der Waals surface area contributed by atoms with Gasteiger partial charge in [-0.3, -0.25) is 4.79 Å². The van der Waals surface area contributed by atoms with E-state index in [1.54, 1.807) is 23.6 Å². The predicted octanol–water partition coefficient (Wildman–Crippen LogP) is 1.87. The third kappa shape index (κ3) is 3.60. The first-order valence-corrected chi connectivity index (χ1v) is 8.55. The number of hydrogen-bond donors (Lipinski definition) is 0. The van der Waals surface area contributed by atoms with Crippen LogP contribution in [0.3, 0.4) is 0 Å². The van der Waals surface area contributed by atoms with Crippen molar-refractivity contribution < 1.29 is 19.2 Å². The molecule has 1 saturated heterocycles. The average molecular weight is 345 g/mol. The monoisotopic (exact) mass is 345 g/mol. The minimum absolute atomic E-state index is 0.0920. The normalized spacial score (nSPS) is 23.0. The lowest BCUT2D eigenvalue weighted by molar-refractivity contribution is -0.154. The van der Waals surface area contributed by atoms with E-state index in [2.05, 4.69) is 5.16 Å². The van der Waals surface area contributed by atoms with Crippen LogP contribution in [0.15, 0.2) is 35.5 Å². The average Bonchev–Trinajstić information content (AvgIpc) is 3.06. The second kappa shape index (κ2) is 7.13. The SMILES string of the molecule is CCOC(=O)N1CCN(C(=O)[C@]2(C)CC(c3ccccc3)=NO2)CC1. The molecule has 7 heteroatoms. The highest BCUT2D eigenvalue weighted by atomic mass is 16.7. The molecule has 0 N–H and O–H groups in total. The predicted molar refractivity (Wildman–Crippen MR) is 92.3 cm³/mol. The molecule has 2 aliphatic heterocycles. The summed E-state index contributed by atoms with van der Waals surface area (Å²) in [5.74, 6) is -0.0920. The number of carbonyl (C=O) groups is 2. The molecule has 0 bridgehead atoms. The van der Waals surface area contributed by atoms with Crippen LogP contribution in [-0.2, 0) is 14.4 Å². The van der Waals surface area contributed by atoms with Gasteiger partial charge in [0.1, 0.15) is 0 Å². The second-order valence-corrected chi connectivity index (χ2v) is 6.38. The van der Waals surface area contributed by atoms with E-state index in [1.165, 1.54) is 0 Å². The first-order chi connectivity index (χ1) is 12.0. The Kier molecular flexibility index (Phi) is 4.92. The molecule has 3 rings (SSSR count). The molecule has 1 fully saturated rings. The number of oxime groups is 1. The summed E-state index contributed by atoms with van der Waals surface area (Å²) in [5, 5.41) is 4.13. The van der Waals surface area contributed by atoms with E-state index in [0.717, 1.165) is 11.3 Å². The summed E-state index contributed by atoms with van der Waals surface area (Å²) >= 11 is 0. The summed E-state index contributed by atoms with van der Waals surface area (Å²) in [5.41, 5.74) is 0.754. The van der Waals surface area contributed by atoms with Crippen LogP contribution in [0.2, 0.25) is 0 Å². The quantitative estimate of drug-likeness (QED) is 0.838. The van der Waals surface area contributed by atoms with Gasteiger partial charge in [0.15, 0.2) is 0 Å². The van der Waals surface area contributed by atoms with Crippen LogP contribution in [0.5, 0.6) is 0 Å². The highest BCUT2D eigenvalue weighted by molar-refractivity contribution is 6.05. The van der Waals surface area contributed by atoms with Crippen molar-refractivity contribution in [3.05, 3.63) is 35.9 Å². The Balaban J connectivity index is 1.58. The van der Waals surface area contributed by atoms with Gasteiger partial charge in [-0.25, -0.2) is 4.79 Å². The van der Waals surface area contributed by atoms with Gasteiger partial charge < -0.3 is 19.4 Å². The molecule has 2 amide bonds. The van der Waals surface area contributed by atoms with E-state index in [0.29, 0.717) is 39.2 Å². The van der Waals surface area contributed by atoms with Crippen LogP contribution in [0.1, 0.15) is 25.8 Å². The van der Waals surface area contributed by atoms with Crippen molar-refractivity contribution in [3.63, 3.8) is 0 Å². The maximum atomic E-state index is 12.9.